The Bertz CT molecular complexity index is 629. The topological polar surface area (TPSA) is 113 Å². The molecule has 1 rings (SSSR count). The Morgan fingerprint density at radius 1 is 1.04 bits per heavy atom. The van der Waals surface area contributed by atoms with Crippen LogP contribution in [0.15, 0.2) is 24.3 Å². The van der Waals surface area contributed by atoms with E-state index in [9.17, 15) is 14.4 Å². The van der Waals surface area contributed by atoms with E-state index in [0.717, 1.165) is 5.56 Å². The van der Waals surface area contributed by atoms with E-state index in [1.165, 1.54) is 0 Å². The SMILES string of the molecule is CC(C)CC(=O)Nc1cccc(CNC(=O)CNC(=O)[C@@H](N)C(C)C)c1. The number of carbonyl (C=O) groups is 3. The van der Waals surface area contributed by atoms with Gasteiger partial charge < -0.3 is 21.7 Å². The number of amides is 3. The van der Waals surface area contributed by atoms with Crippen molar-refractivity contribution in [2.45, 2.75) is 46.7 Å². The average molecular weight is 362 g/mol. The second-order valence-corrected chi connectivity index (χ2v) is 7.11. The lowest BCUT2D eigenvalue weighted by Gasteiger charge is -2.15. The first-order chi connectivity index (χ1) is 12.2. The zero-order valence-corrected chi connectivity index (χ0v) is 16.0. The Labute approximate surface area is 155 Å². The Morgan fingerprint density at radius 3 is 2.35 bits per heavy atom. The van der Waals surface area contributed by atoms with Crippen molar-refractivity contribution in [1.82, 2.24) is 10.6 Å². The Kier molecular flexibility index (Phi) is 8.78. The normalized spacial score (nSPS) is 12.0. The molecule has 1 aromatic carbocycles. The third-order valence-electron chi connectivity index (χ3n) is 3.74. The second kappa shape index (κ2) is 10.6. The minimum absolute atomic E-state index is 0.00621. The van der Waals surface area contributed by atoms with Gasteiger partial charge in [-0.3, -0.25) is 14.4 Å². The maximum absolute atomic E-state index is 11.9. The van der Waals surface area contributed by atoms with Crippen molar-refractivity contribution >= 4 is 23.4 Å². The van der Waals surface area contributed by atoms with Crippen LogP contribution >= 0.6 is 0 Å². The fourth-order valence-corrected chi connectivity index (χ4v) is 2.19. The van der Waals surface area contributed by atoms with Crippen molar-refractivity contribution < 1.29 is 14.4 Å². The highest BCUT2D eigenvalue weighted by Crippen LogP contribution is 2.12. The maximum atomic E-state index is 11.9. The number of nitrogens with one attached hydrogen (secondary N) is 3. The second-order valence-electron chi connectivity index (χ2n) is 7.11. The van der Waals surface area contributed by atoms with Crippen LogP contribution < -0.4 is 21.7 Å². The van der Waals surface area contributed by atoms with Gasteiger partial charge in [-0.15, -0.1) is 0 Å². The third-order valence-corrected chi connectivity index (χ3v) is 3.74. The molecule has 0 aliphatic rings. The van der Waals surface area contributed by atoms with Crippen molar-refractivity contribution in [2.75, 3.05) is 11.9 Å². The molecule has 0 aliphatic heterocycles. The molecule has 0 radical (unpaired) electrons. The van der Waals surface area contributed by atoms with Crippen molar-refractivity contribution in [1.29, 1.82) is 0 Å². The molecule has 0 spiro atoms. The zero-order chi connectivity index (χ0) is 19.7. The van der Waals surface area contributed by atoms with Gasteiger partial charge in [-0.1, -0.05) is 39.8 Å². The van der Waals surface area contributed by atoms with E-state index in [2.05, 4.69) is 16.0 Å². The van der Waals surface area contributed by atoms with Crippen LogP contribution in [0.3, 0.4) is 0 Å². The predicted molar refractivity (Wildman–Crippen MR) is 102 cm³/mol. The van der Waals surface area contributed by atoms with Gasteiger partial charge in [0, 0.05) is 18.7 Å². The summed E-state index contributed by atoms with van der Waals surface area (Å²) in [6.45, 7) is 7.84. The molecule has 5 N–H and O–H groups in total. The number of hydrogen-bond acceptors (Lipinski definition) is 4. The molecule has 0 saturated heterocycles. The van der Waals surface area contributed by atoms with E-state index in [-0.39, 0.29) is 36.1 Å². The molecular formula is C19H30N4O3. The van der Waals surface area contributed by atoms with Gasteiger partial charge in [-0.05, 0) is 29.5 Å². The zero-order valence-electron chi connectivity index (χ0n) is 16.0. The lowest BCUT2D eigenvalue weighted by Crippen LogP contribution is -2.47. The van der Waals surface area contributed by atoms with E-state index in [1.807, 2.05) is 45.9 Å². The molecule has 1 aromatic rings. The standard InChI is InChI=1S/C19H30N4O3/c1-12(2)8-16(24)23-15-7-5-6-14(9-15)10-21-17(25)11-22-19(26)18(20)13(3)4/h5-7,9,12-13,18H,8,10-11,20H2,1-4H3,(H,21,25)(H,22,26)(H,23,24)/t18-/m0/s1. The molecule has 0 unspecified atom stereocenters. The Balaban J connectivity index is 2.45. The van der Waals surface area contributed by atoms with Crippen molar-refractivity contribution in [2.24, 2.45) is 17.6 Å². The summed E-state index contributed by atoms with van der Waals surface area (Å²) in [6, 6.07) is 6.65. The van der Waals surface area contributed by atoms with Gasteiger partial charge in [0.2, 0.25) is 17.7 Å². The smallest absolute Gasteiger partial charge is 0.239 e. The first-order valence-electron chi connectivity index (χ1n) is 8.87. The number of benzene rings is 1. The monoisotopic (exact) mass is 362 g/mol. The van der Waals surface area contributed by atoms with Crippen LogP contribution in [0, 0.1) is 11.8 Å². The van der Waals surface area contributed by atoms with E-state index >= 15 is 0 Å². The average Bonchev–Trinajstić information content (AvgIpc) is 2.56. The van der Waals surface area contributed by atoms with Gasteiger partial charge in [0.15, 0.2) is 0 Å². The van der Waals surface area contributed by atoms with Gasteiger partial charge >= 0.3 is 0 Å². The number of anilines is 1. The summed E-state index contributed by atoms with van der Waals surface area (Å²) in [7, 11) is 0. The highest BCUT2D eigenvalue weighted by atomic mass is 16.2. The van der Waals surface area contributed by atoms with E-state index in [0.29, 0.717) is 18.7 Å². The number of hydrogen-bond donors (Lipinski definition) is 4. The van der Waals surface area contributed by atoms with Crippen LogP contribution in [0.4, 0.5) is 5.69 Å². The van der Waals surface area contributed by atoms with Crippen LogP contribution in [0.1, 0.15) is 39.7 Å². The number of nitrogens with two attached hydrogens (primary N) is 1. The molecule has 3 amide bonds. The van der Waals surface area contributed by atoms with Gasteiger partial charge in [0.05, 0.1) is 12.6 Å². The summed E-state index contributed by atoms with van der Waals surface area (Å²) < 4.78 is 0. The summed E-state index contributed by atoms with van der Waals surface area (Å²) in [5.41, 5.74) is 7.27. The van der Waals surface area contributed by atoms with Crippen molar-refractivity contribution in [3.63, 3.8) is 0 Å². The number of carbonyl (C=O) groups excluding carboxylic acids is 3. The molecule has 26 heavy (non-hydrogen) atoms. The molecule has 0 saturated carbocycles. The molecule has 7 nitrogen and oxygen atoms in total. The minimum atomic E-state index is -0.631. The summed E-state index contributed by atoms with van der Waals surface area (Å²) in [5.74, 6) is -0.387. The lowest BCUT2D eigenvalue weighted by atomic mass is 10.1. The van der Waals surface area contributed by atoms with Gasteiger partial charge in [0.1, 0.15) is 0 Å². The summed E-state index contributed by atoms with van der Waals surface area (Å²) in [4.78, 5) is 35.4. The molecule has 0 aromatic heterocycles. The highest BCUT2D eigenvalue weighted by molar-refractivity contribution is 5.91. The van der Waals surface area contributed by atoms with Crippen LogP contribution in [-0.2, 0) is 20.9 Å². The fraction of sp³-hybridized carbons (Fsp3) is 0.526. The van der Waals surface area contributed by atoms with Crippen molar-refractivity contribution in [3.8, 4) is 0 Å². The lowest BCUT2D eigenvalue weighted by molar-refractivity contribution is -0.127. The molecule has 1 atom stereocenters. The highest BCUT2D eigenvalue weighted by Gasteiger charge is 2.17. The Morgan fingerprint density at radius 2 is 1.73 bits per heavy atom. The third kappa shape index (κ3) is 8.11. The van der Waals surface area contributed by atoms with Crippen LogP contribution in [0.2, 0.25) is 0 Å². The van der Waals surface area contributed by atoms with Crippen LogP contribution in [-0.4, -0.2) is 30.3 Å². The van der Waals surface area contributed by atoms with Crippen molar-refractivity contribution in [3.05, 3.63) is 29.8 Å². The largest absolute Gasteiger partial charge is 0.350 e. The molecule has 0 bridgehead atoms. The first kappa shape index (κ1) is 21.6. The molecule has 144 valence electrons. The van der Waals surface area contributed by atoms with Crippen LogP contribution in [0.5, 0.6) is 0 Å². The minimum Gasteiger partial charge on any atom is -0.350 e. The summed E-state index contributed by atoms with van der Waals surface area (Å²) in [6.07, 6.45) is 0.458. The molecule has 0 fully saturated rings. The van der Waals surface area contributed by atoms with E-state index in [4.69, 9.17) is 5.73 Å². The van der Waals surface area contributed by atoms with E-state index in [1.54, 1.807) is 6.07 Å². The van der Waals surface area contributed by atoms with Gasteiger partial charge in [-0.25, -0.2) is 0 Å². The molecule has 7 heteroatoms. The first-order valence-corrected chi connectivity index (χ1v) is 8.87. The van der Waals surface area contributed by atoms with Gasteiger partial charge in [-0.2, -0.15) is 0 Å². The summed E-state index contributed by atoms with van der Waals surface area (Å²) in [5, 5.41) is 8.09. The molecule has 0 aliphatic carbocycles. The quantitative estimate of drug-likeness (QED) is 0.531. The molecular weight excluding hydrogens is 332 g/mol. The maximum Gasteiger partial charge on any atom is 0.239 e. The number of rotatable bonds is 9. The fourth-order valence-electron chi connectivity index (χ4n) is 2.19. The summed E-state index contributed by atoms with van der Waals surface area (Å²) >= 11 is 0. The van der Waals surface area contributed by atoms with Crippen LogP contribution in [0.25, 0.3) is 0 Å². The predicted octanol–water partition coefficient (Wildman–Crippen LogP) is 1.39. The van der Waals surface area contributed by atoms with Gasteiger partial charge in [0.25, 0.3) is 0 Å². The van der Waals surface area contributed by atoms with E-state index < -0.39 is 6.04 Å². The molecule has 0 heterocycles. The Hall–Kier alpha value is -2.41.